The van der Waals surface area contributed by atoms with Gasteiger partial charge in [-0.15, -0.1) is 0 Å². The highest BCUT2D eigenvalue weighted by Crippen LogP contribution is 2.59. The van der Waals surface area contributed by atoms with E-state index >= 15 is 0 Å². The summed E-state index contributed by atoms with van der Waals surface area (Å²) in [6.07, 6.45) is 8.40. The van der Waals surface area contributed by atoms with Crippen molar-refractivity contribution in [2.24, 2.45) is 17.3 Å². The van der Waals surface area contributed by atoms with Crippen molar-refractivity contribution < 1.29 is 9.90 Å². The van der Waals surface area contributed by atoms with Crippen molar-refractivity contribution >= 4 is 11.9 Å². The molecule has 2 saturated carbocycles. The zero-order valence-corrected chi connectivity index (χ0v) is 12.7. The molecule has 0 amide bonds. The first-order chi connectivity index (χ1) is 10.0. The van der Waals surface area contributed by atoms with Crippen LogP contribution in [0.4, 0.5) is 0 Å². The SMILES string of the molecule is Cc1cc(O)cc2c1[C@@H]1CC[C@]3(C)C(=O)CC[C@H]3[C@@H]1C=C2. The van der Waals surface area contributed by atoms with E-state index in [2.05, 4.69) is 26.0 Å². The first-order valence-electron chi connectivity index (χ1n) is 8.06. The number of allylic oxidation sites excluding steroid dienone is 1. The summed E-state index contributed by atoms with van der Waals surface area (Å²) in [6, 6.07) is 3.76. The Hall–Kier alpha value is -1.57. The zero-order chi connectivity index (χ0) is 14.8. The minimum Gasteiger partial charge on any atom is -0.508 e. The lowest BCUT2D eigenvalue weighted by molar-refractivity contribution is -0.128. The summed E-state index contributed by atoms with van der Waals surface area (Å²) in [5.74, 6) is 2.35. The second-order valence-corrected chi connectivity index (χ2v) is 7.33. The van der Waals surface area contributed by atoms with Crippen molar-refractivity contribution in [3.8, 4) is 5.75 Å². The average molecular weight is 282 g/mol. The highest BCUT2D eigenvalue weighted by molar-refractivity contribution is 5.87. The van der Waals surface area contributed by atoms with Crippen LogP contribution in [0.5, 0.6) is 5.75 Å². The Labute approximate surface area is 125 Å². The number of rotatable bonds is 0. The van der Waals surface area contributed by atoms with Gasteiger partial charge in [-0.25, -0.2) is 0 Å². The molecule has 0 unspecified atom stereocenters. The number of carbonyl (C=O) groups is 1. The van der Waals surface area contributed by atoms with Gasteiger partial charge in [0.25, 0.3) is 0 Å². The van der Waals surface area contributed by atoms with Crippen LogP contribution >= 0.6 is 0 Å². The molecule has 0 spiro atoms. The van der Waals surface area contributed by atoms with Crippen LogP contribution < -0.4 is 0 Å². The van der Waals surface area contributed by atoms with E-state index in [9.17, 15) is 9.90 Å². The number of aryl methyl sites for hydroxylation is 1. The van der Waals surface area contributed by atoms with E-state index in [4.69, 9.17) is 0 Å². The number of hydrogen-bond donors (Lipinski definition) is 1. The summed E-state index contributed by atoms with van der Waals surface area (Å²) >= 11 is 0. The molecule has 0 heterocycles. The van der Waals surface area contributed by atoms with Crippen LogP contribution in [0.2, 0.25) is 0 Å². The van der Waals surface area contributed by atoms with Crippen LogP contribution in [-0.4, -0.2) is 10.9 Å². The average Bonchev–Trinajstić information content (AvgIpc) is 2.74. The third kappa shape index (κ3) is 1.68. The number of phenols is 1. The summed E-state index contributed by atoms with van der Waals surface area (Å²) in [6.45, 7) is 4.29. The summed E-state index contributed by atoms with van der Waals surface area (Å²) < 4.78 is 0. The third-order valence-electron chi connectivity index (χ3n) is 6.31. The summed E-state index contributed by atoms with van der Waals surface area (Å²) in [7, 11) is 0. The molecule has 0 aliphatic heterocycles. The van der Waals surface area contributed by atoms with Gasteiger partial charge < -0.3 is 5.11 Å². The van der Waals surface area contributed by atoms with E-state index in [-0.39, 0.29) is 5.41 Å². The van der Waals surface area contributed by atoms with Crippen LogP contribution in [-0.2, 0) is 4.79 Å². The molecule has 2 heteroatoms. The Morgan fingerprint density at radius 2 is 2.10 bits per heavy atom. The molecule has 3 aliphatic carbocycles. The van der Waals surface area contributed by atoms with Gasteiger partial charge in [0.05, 0.1) is 0 Å². The van der Waals surface area contributed by atoms with E-state index in [1.807, 2.05) is 12.1 Å². The lowest BCUT2D eigenvalue weighted by Gasteiger charge is -2.46. The normalized spacial score (nSPS) is 37.0. The molecule has 1 aromatic rings. The molecule has 1 N–H and O–H groups in total. The number of hydrogen-bond acceptors (Lipinski definition) is 2. The van der Waals surface area contributed by atoms with Crippen molar-refractivity contribution in [2.75, 3.05) is 0 Å². The van der Waals surface area contributed by atoms with Crippen molar-refractivity contribution in [2.45, 2.75) is 45.4 Å². The molecule has 4 rings (SSSR count). The molecule has 2 fully saturated rings. The van der Waals surface area contributed by atoms with Gasteiger partial charge >= 0.3 is 0 Å². The lowest BCUT2D eigenvalue weighted by atomic mass is 9.57. The second kappa shape index (κ2) is 4.22. The number of ketones is 1. The largest absolute Gasteiger partial charge is 0.508 e. The molecular formula is C19H22O2. The molecule has 2 nitrogen and oxygen atoms in total. The highest BCUT2D eigenvalue weighted by Gasteiger charge is 2.53. The van der Waals surface area contributed by atoms with Crippen molar-refractivity contribution in [1.29, 1.82) is 0 Å². The summed E-state index contributed by atoms with van der Waals surface area (Å²) in [5.41, 5.74) is 3.68. The quantitative estimate of drug-likeness (QED) is 0.774. The number of benzene rings is 1. The smallest absolute Gasteiger partial charge is 0.139 e. The molecule has 3 aliphatic rings. The van der Waals surface area contributed by atoms with E-state index in [0.29, 0.717) is 29.3 Å². The fourth-order valence-electron chi connectivity index (χ4n) is 5.24. The van der Waals surface area contributed by atoms with Crippen molar-refractivity contribution in [3.63, 3.8) is 0 Å². The van der Waals surface area contributed by atoms with Gasteiger partial charge in [0.1, 0.15) is 11.5 Å². The number of phenolic OH excluding ortho intramolecular Hbond substituents is 1. The van der Waals surface area contributed by atoms with E-state index in [0.717, 1.165) is 25.7 Å². The van der Waals surface area contributed by atoms with Gasteiger partial charge in [0, 0.05) is 11.8 Å². The Morgan fingerprint density at radius 1 is 1.29 bits per heavy atom. The highest BCUT2D eigenvalue weighted by atomic mass is 16.3. The maximum Gasteiger partial charge on any atom is 0.139 e. The minimum atomic E-state index is -0.0895. The Bertz CT molecular complexity index is 658. The molecule has 0 bridgehead atoms. The number of aromatic hydroxyl groups is 1. The minimum absolute atomic E-state index is 0.0895. The maximum atomic E-state index is 12.3. The predicted octanol–water partition coefficient (Wildman–Crippen LogP) is 4.21. The molecule has 0 aromatic heterocycles. The van der Waals surface area contributed by atoms with Crippen LogP contribution in [0.15, 0.2) is 18.2 Å². The molecule has 1 aromatic carbocycles. The fraction of sp³-hybridized carbons (Fsp3) is 0.526. The van der Waals surface area contributed by atoms with Crippen molar-refractivity contribution in [1.82, 2.24) is 0 Å². The van der Waals surface area contributed by atoms with Gasteiger partial charge in [-0.2, -0.15) is 0 Å². The fourth-order valence-corrected chi connectivity index (χ4v) is 5.24. The van der Waals surface area contributed by atoms with Gasteiger partial charge in [0.15, 0.2) is 0 Å². The third-order valence-corrected chi connectivity index (χ3v) is 6.31. The standard InChI is InChI=1S/C19H22O2/c1-11-9-13(20)10-12-3-4-14-15(18(11)12)7-8-19(2)16(14)5-6-17(19)21/h3-4,9-10,14-16,20H,5-8H2,1-2H3/t14-,15-,16+,19+/m1/s1. The molecular weight excluding hydrogens is 260 g/mol. The monoisotopic (exact) mass is 282 g/mol. The van der Waals surface area contributed by atoms with Crippen LogP contribution in [0.3, 0.4) is 0 Å². The Morgan fingerprint density at radius 3 is 2.90 bits per heavy atom. The first-order valence-corrected chi connectivity index (χ1v) is 8.06. The number of carbonyl (C=O) groups excluding carboxylic acids is 1. The Kier molecular flexibility index (Phi) is 2.64. The molecule has 110 valence electrons. The van der Waals surface area contributed by atoms with Gasteiger partial charge in [-0.3, -0.25) is 4.79 Å². The topological polar surface area (TPSA) is 37.3 Å². The van der Waals surface area contributed by atoms with Crippen LogP contribution in [0.25, 0.3) is 6.08 Å². The number of Topliss-reactive ketones (excluding diaryl/α,β-unsaturated/α-hetero) is 1. The van der Waals surface area contributed by atoms with E-state index in [1.165, 1.54) is 16.7 Å². The zero-order valence-electron chi connectivity index (χ0n) is 12.7. The molecule has 0 saturated heterocycles. The molecule has 4 atom stereocenters. The van der Waals surface area contributed by atoms with Gasteiger partial charge in [-0.1, -0.05) is 19.1 Å². The lowest BCUT2D eigenvalue weighted by Crippen LogP contribution is -2.41. The second-order valence-electron chi connectivity index (χ2n) is 7.33. The predicted molar refractivity (Wildman–Crippen MR) is 83.2 cm³/mol. The molecule has 0 radical (unpaired) electrons. The first kappa shape index (κ1) is 13.1. The van der Waals surface area contributed by atoms with E-state index in [1.54, 1.807) is 0 Å². The van der Waals surface area contributed by atoms with Gasteiger partial charge in [-0.05, 0) is 72.8 Å². The van der Waals surface area contributed by atoms with Gasteiger partial charge in [0.2, 0.25) is 0 Å². The van der Waals surface area contributed by atoms with E-state index < -0.39 is 0 Å². The Balaban J connectivity index is 1.80. The number of fused-ring (bicyclic) bond motifs is 5. The van der Waals surface area contributed by atoms with Crippen LogP contribution in [0.1, 0.15) is 55.2 Å². The summed E-state index contributed by atoms with van der Waals surface area (Å²) in [4.78, 5) is 12.3. The van der Waals surface area contributed by atoms with Crippen molar-refractivity contribution in [3.05, 3.63) is 34.9 Å². The maximum absolute atomic E-state index is 12.3. The van der Waals surface area contributed by atoms with Crippen LogP contribution in [0, 0.1) is 24.2 Å². The molecule has 21 heavy (non-hydrogen) atoms. The summed E-state index contributed by atoms with van der Waals surface area (Å²) in [5, 5.41) is 9.81.